The van der Waals surface area contributed by atoms with Gasteiger partial charge in [-0.25, -0.2) is 4.39 Å². The summed E-state index contributed by atoms with van der Waals surface area (Å²) in [4.78, 5) is 30.1. The number of nitrogens with one attached hydrogen (secondary N) is 1. The number of aromatic nitrogens is 1. The third-order valence-corrected chi connectivity index (χ3v) is 7.94. The van der Waals surface area contributed by atoms with Gasteiger partial charge in [0.15, 0.2) is 11.6 Å². The number of carbonyl (C=O) groups excluding carboxylic acids is 2. The van der Waals surface area contributed by atoms with Crippen LogP contribution in [-0.4, -0.2) is 59.5 Å². The fourth-order valence-electron chi connectivity index (χ4n) is 5.16. The van der Waals surface area contributed by atoms with E-state index in [9.17, 15) is 19.1 Å². The predicted octanol–water partition coefficient (Wildman–Crippen LogP) is 4.31. The van der Waals surface area contributed by atoms with Crippen LogP contribution in [0.25, 0.3) is 10.9 Å². The van der Waals surface area contributed by atoms with E-state index in [4.69, 9.17) is 9.47 Å². The van der Waals surface area contributed by atoms with Crippen LogP contribution in [0.2, 0.25) is 0 Å². The van der Waals surface area contributed by atoms with Gasteiger partial charge in [0.2, 0.25) is 5.91 Å². The second kappa shape index (κ2) is 9.63. The number of hydrogen-bond donors (Lipinski definition) is 2. The number of aliphatic hydroxyl groups is 1. The number of amides is 1. The van der Waals surface area contributed by atoms with Crippen LogP contribution in [0.1, 0.15) is 32.1 Å². The molecular weight excluding hydrogens is 489 g/mol. The molecule has 1 aromatic heterocycles. The number of fused-ring (bicyclic) bond motifs is 1. The van der Waals surface area contributed by atoms with Crippen LogP contribution in [0, 0.1) is 16.6 Å². The number of nitrogens with zero attached hydrogens (tertiary/aromatic N) is 2. The molecule has 38 heavy (non-hydrogen) atoms. The van der Waals surface area contributed by atoms with Gasteiger partial charge in [-0.2, -0.15) is 0 Å². The lowest BCUT2D eigenvalue weighted by atomic mass is 10.1. The van der Waals surface area contributed by atoms with Gasteiger partial charge in [-0.1, -0.05) is 0 Å². The number of β-amino-alcohol motifs (C(OH)–C–C–N with tert-alkyl or cyclic N) is 1. The van der Waals surface area contributed by atoms with Gasteiger partial charge < -0.3 is 29.6 Å². The minimum Gasteiger partial charge on any atom is -0.491 e. The molecule has 1 unspecified atom stereocenters. The lowest BCUT2D eigenvalue weighted by Gasteiger charge is -2.20. The summed E-state index contributed by atoms with van der Waals surface area (Å²) >= 11 is 0. The molecule has 1 aliphatic heterocycles. The lowest BCUT2D eigenvalue weighted by molar-refractivity contribution is -0.126. The molecule has 0 radical (unpaired) electrons. The van der Waals surface area contributed by atoms with Gasteiger partial charge in [-0.15, -0.1) is 0 Å². The summed E-state index contributed by atoms with van der Waals surface area (Å²) in [7, 11) is 0. The van der Waals surface area contributed by atoms with Crippen molar-refractivity contribution in [3.63, 3.8) is 0 Å². The SMILES string of the molecule is O=CC1(C(=O)Nc2ccc(Oc3ccnc4cc(OCC(O)CN5CCC6(CC6)C5)ccc34)c(F)c2)CC1. The topological polar surface area (TPSA) is 101 Å². The van der Waals surface area contributed by atoms with Crippen molar-refractivity contribution < 1.29 is 28.6 Å². The van der Waals surface area contributed by atoms with E-state index in [1.165, 1.54) is 37.5 Å². The van der Waals surface area contributed by atoms with Crippen LogP contribution in [-0.2, 0) is 9.59 Å². The number of ether oxygens (including phenoxy) is 2. The van der Waals surface area contributed by atoms with Crippen molar-refractivity contribution in [3.05, 3.63) is 54.5 Å². The van der Waals surface area contributed by atoms with Crippen LogP contribution in [0.15, 0.2) is 48.7 Å². The molecular formula is C29H30FN3O5. The Hall–Kier alpha value is -3.56. The monoisotopic (exact) mass is 519 g/mol. The Morgan fingerprint density at radius 3 is 2.68 bits per heavy atom. The third kappa shape index (κ3) is 5.08. The summed E-state index contributed by atoms with van der Waals surface area (Å²) in [6.45, 7) is 2.91. The van der Waals surface area contributed by atoms with Crippen molar-refractivity contribution in [2.75, 3.05) is 31.6 Å². The number of hydrogen-bond acceptors (Lipinski definition) is 7. The maximum absolute atomic E-state index is 14.8. The zero-order chi connectivity index (χ0) is 26.3. The van der Waals surface area contributed by atoms with Crippen molar-refractivity contribution >= 4 is 28.8 Å². The first-order chi connectivity index (χ1) is 18.4. The van der Waals surface area contributed by atoms with Crippen molar-refractivity contribution in [3.8, 4) is 17.2 Å². The molecule has 2 saturated carbocycles. The van der Waals surface area contributed by atoms with Crippen LogP contribution in [0.5, 0.6) is 17.2 Å². The Bertz CT molecular complexity index is 1390. The predicted molar refractivity (Wildman–Crippen MR) is 139 cm³/mol. The molecule has 1 spiro atoms. The summed E-state index contributed by atoms with van der Waals surface area (Å²) < 4.78 is 26.5. The number of aliphatic hydroxyl groups excluding tert-OH is 1. The fourth-order valence-corrected chi connectivity index (χ4v) is 5.16. The first-order valence-electron chi connectivity index (χ1n) is 13.0. The molecule has 2 aromatic carbocycles. The lowest BCUT2D eigenvalue weighted by Crippen LogP contribution is -2.34. The Kier molecular flexibility index (Phi) is 6.28. The van der Waals surface area contributed by atoms with Gasteiger partial charge in [0.25, 0.3) is 0 Å². The number of pyridine rings is 1. The van der Waals surface area contributed by atoms with Crippen LogP contribution in [0.3, 0.4) is 0 Å². The standard InChI is InChI=1S/C29H30FN3O5/c30-23-13-19(32-27(36)29(18-34)8-9-29)1-4-26(23)38-25-5-11-31-24-14-21(2-3-22(24)25)37-16-20(35)15-33-12-10-28(17-33)6-7-28/h1-5,11,13-14,18,20,35H,6-10,12,15-17H2,(H,32,36). The van der Waals surface area contributed by atoms with E-state index >= 15 is 0 Å². The zero-order valence-electron chi connectivity index (χ0n) is 21.0. The smallest absolute Gasteiger partial charge is 0.237 e. The summed E-state index contributed by atoms with van der Waals surface area (Å²) in [6.07, 6.45) is 6.51. The minimum absolute atomic E-state index is 0.00893. The third-order valence-electron chi connectivity index (χ3n) is 7.94. The first kappa shape index (κ1) is 24.8. The number of carbonyl (C=O) groups is 2. The zero-order valence-corrected chi connectivity index (χ0v) is 21.0. The van der Waals surface area contributed by atoms with Gasteiger partial charge >= 0.3 is 0 Å². The van der Waals surface area contributed by atoms with Gasteiger partial charge in [0.1, 0.15) is 35.9 Å². The molecule has 3 aromatic rings. The molecule has 0 bridgehead atoms. The van der Waals surface area contributed by atoms with Crippen molar-refractivity contribution in [1.29, 1.82) is 0 Å². The van der Waals surface area contributed by atoms with Crippen molar-refractivity contribution in [2.24, 2.45) is 10.8 Å². The Labute approximate surface area is 219 Å². The molecule has 1 saturated heterocycles. The Balaban J connectivity index is 1.08. The van der Waals surface area contributed by atoms with E-state index < -0.39 is 23.2 Å². The fraction of sp³-hybridized carbons (Fsp3) is 0.414. The van der Waals surface area contributed by atoms with E-state index in [0.29, 0.717) is 53.5 Å². The normalized spacial score (nSPS) is 19.7. The van der Waals surface area contributed by atoms with E-state index in [2.05, 4.69) is 15.2 Å². The number of halogens is 1. The maximum Gasteiger partial charge on any atom is 0.237 e. The van der Waals surface area contributed by atoms with E-state index in [1.54, 1.807) is 30.5 Å². The van der Waals surface area contributed by atoms with E-state index in [1.807, 2.05) is 0 Å². The molecule has 3 fully saturated rings. The van der Waals surface area contributed by atoms with Crippen molar-refractivity contribution in [2.45, 2.75) is 38.2 Å². The molecule has 2 N–H and O–H groups in total. The average Bonchev–Trinajstić information content (AvgIpc) is 3.82. The minimum atomic E-state index is -0.977. The number of likely N-dealkylation sites (tertiary alicyclic amines) is 1. The van der Waals surface area contributed by atoms with Crippen molar-refractivity contribution in [1.82, 2.24) is 9.88 Å². The number of rotatable bonds is 10. The van der Waals surface area contributed by atoms with E-state index in [0.717, 1.165) is 13.1 Å². The maximum atomic E-state index is 14.8. The summed E-state index contributed by atoms with van der Waals surface area (Å²) in [5.74, 6) is -0.0860. The van der Waals surface area contributed by atoms with E-state index in [-0.39, 0.29) is 18.0 Å². The molecule has 2 heterocycles. The Morgan fingerprint density at radius 2 is 1.97 bits per heavy atom. The summed E-state index contributed by atoms with van der Waals surface area (Å²) in [5.41, 5.74) is 0.420. The number of benzene rings is 2. The molecule has 1 atom stereocenters. The number of aldehydes is 1. The summed E-state index contributed by atoms with van der Waals surface area (Å²) in [5, 5.41) is 13.7. The van der Waals surface area contributed by atoms with Gasteiger partial charge in [0.05, 0.1) is 5.52 Å². The molecule has 2 aliphatic carbocycles. The molecule has 1 amide bonds. The highest BCUT2D eigenvalue weighted by Gasteiger charge is 2.50. The molecule has 6 rings (SSSR count). The second-order valence-corrected chi connectivity index (χ2v) is 10.9. The van der Waals surface area contributed by atoms with Gasteiger partial charge in [-0.05, 0) is 74.4 Å². The average molecular weight is 520 g/mol. The largest absolute Gasteiger partial charge is 0.491 e. The Morgan fingerprint density at radius 1 is 1.13 bits per heavy atom. The highest BCUT2D eigenvalue weighted by molar-refractivity contribution is 6.07. The van der Waals surface area contributed by atoms with Gasteiger partial charge in [0, 0.05) is 42.5 Å². The van der Waals surface area contributed by atoms with Gasteiger partial charge in [-0.3, -0.25) is 9.78 Å². The highest BCUT2D eigenvalue weighted by atomic mass is 19.1. The number of anilines is 1. The molecule has 198 valence electrons. The van der Waals surface area contributed by atoms with Crippen LogP contribution < -0.4 is 14.8 Å². The highest BCUT2D eigenvalue weighted by Crippen LogP contribution is 2.52. The van der Waals surface area contributed by atoms with Crippen LogP contribution in [0.4, 0.5) is 10.1 Å². The summed E-state index contributed by atoms with van der Waals surface area (Å²) in [6, 6.07) is 11.1. The molecule has 3 aliphatic rings. The first-order valence-corrected chi connectivity index (χ1v) is 13.0. The quantitative estimate of drug-likeness (QED) is 0.304. The molecule has 8 nitrogen and oxygen atoms in total. The van der Waals surface area contributed by atoms with Crippen LogP contribution >= 0.6 is 0 Å². The second-order valence-electron chi connectivity index (χ2n) is 10.9. The molecule has 9 heteroatoms.